The van der Waals surface area contributed by atoms with E-state index >= 15 is 0 Å². The molecule has 0 aliphatic carbocycles. The van der Waals surface area contributed by atoms with E-state index in [0.717, 1.165) is 18.4 Å². The first kappa shape index (κ1) is 11.7. The summed E-state index contributed by atoms with van der Waals surface area (Å²) in [7, 11) is -0.429. The fourth-order valence-corrected chi connectivity index (χ4v) is 2.80. The van der Waals surface area contributed by atoms with Crippen LogP contribution in [0.4, 0.5) is 0 Å². The summed E-state index contributed by atoms with van der Waals surface area (Å²) >= 11 is 3.36. The van der Waals surface area contributed by atoms with Crippen molar-refractivity contribution in [2.45, 2.75) is 38.6 Å². The van der Waals surface area contributed by atoms with Crippen LogP contribution >= 0.6 is 15.9 Å². The molecule has 1 nitrogen and oxygen atoms in total. The van der Waals surface area contributed by atoms with Crippen molar-refractivity contribution >= 4 is 24.7 Å². The van der Waals surface area contributed by atoms with E-state index in [9.17, 15) is 0 Å². The van der Waals surface area contributed by atoms with Crippen LogP contribution in [0.5, 0.6) is 0 Å². The molecule has 0 aliphatic rings. The summed E-state index contributed by atoms with van der Waals surface area (Å²) in [6, 6.07) is 1.32. The van der Waals surface area contributed by atoms with Gasteiger partial charge in [-0.25, -0.2) is 0 Å². The topological polar surface area (TPSA) is 9.23 Å². The van der Waals surface area contributed by atoms with Gasteiger partial charge in [0.2, 0.25) is 0 Å². The predicted octanol–water partition coefficient (Wildman–Crippen LogP) is 2.66. The van der Waals surface area contributed by atoms with Crippen LogP contribution in [0.2, 0.25) is 19.1 Å². The normalized spacial score (nSPS) is 13.9. The zero-order chi connectivity index (χ0) is 8.69. The molecular weight excluding hydrogens is 220 g/mol. The van der Waals surface area contributed by atoms with Crippen molar-refractivity contribution < 1.29 is 4.74 Å². The van der Waals surface area contributed by atoms with Gasteiger partial charge < -0.3 is 4.74 Å². The highest BCUT2D eigenvalue weighted by Crippen LogP contribution is 2.07. The van der Waals surface area contributed by atoms with Crippen LogP contribution in [-0.4, -0.2) is 26.8 Å². The Morgan fingerprint density at radius 1 is 1.45 bits per heavy atom. The van der Waals surface area contributed by atoms with Gasteiger partial charge in [-0.05, 0) is 12.5 Å². The summed E-state index contributed by atoms with van der Waals surface area (Å²) in [5.41, 5.74) is 0. The lowest BCUT2D eigenvalue weighted by atomic mass is 10.3. The Labute approximate surface area is 80.3 Å². The van der Waals surface area contributed by atoms with Gasteiger partial charge in [0.1, 0.15) is 0 Å². The molecule has 0 saturated heterocycles. The van der Waals surface area contributed by atoms with Gasteiger partial charge in [-0.1, -0.05) is 35.9 Å². The van der Waals surface area contributed by atoms with Gasteiger partial charge in [-0.15, -0.1) is 0 Å². The molecule has 0 aliphatic heterocycles. The van der Waals surface area contributed by atoms with Gasteiger partial charge in [0, 0.05) is 14.1 Å². The van der Waals surface area contributed by atoms with E-state index in [1.165, 1.54) is 6.04 Å². The summed E-state index contributed by atoms with van der Waals surface area (Å²) in [5.74, 6) is 0. The lowest BCUT2D eigenvalue weighted by Gasteiger charge is -2.16. The fraction of sp³-hybridized carbons (Fsp3) is 1.00. The van der Waals surface area contributed by atoms with E-state index in [0.29, 0.717) is 6.10 Å². The van der Waals surface area contributed by atoms with Gasteiger partial charge in [-0.2, -0.15) is 0 Å². The van der Waals surface area contributed by atoms with Gasteiger partial charge in [0.15, 0.2) is 0 Å². The maximum atomic E-state index is 5.64. The van der Waals surface area contributed by atoms with Gasteiger partial charge in [0.05, 0.1) is 12.7 Å². The number of hydrogen-bond acceptors (Lipinski definition) is 1. The minimum atomic E-state index is -0.429. The maximum absolute atomic E-state index is 5.64. The minimum Gasteiger partial charge on any atom is -0.378 e. The Kier molecular flexibility index (Phi) is 7.75. The summed E-state index contributed by atoms with van der Waals surface area (Å²) < 4.78 is 5.64. The molecule has 0 rings (SSSR count). The van der Waals surface area contributed by atoms with Gasteiger partial charge >= 0.3 is 0 Å². The van der Waals surface area contributed by atoms with E-state index in [1.807, 2.05) is 0 Å². The lowest BCUT2D eigenvalue weighted by molar-refractivity contribution is 0.0760. The molecule has 0 bridgehead atoms. The minimum absolute atomic E-state index is 0.429. The highest BCUT2D eigenvalue weighted by atomic mass is 79.9. The lowest BCUT2D eigenvalue weighted by Crippen LogP contribution is -2.18. The highest BCUT2D eigenvalue weighted by Gasteiger charge is 2.08. The highest BCUT2D eigenvalue weighted by molar-refractivity contribution is 9.09. The van der Waals surface area contributed by atoms with Crippen molar-refractivity contribution in [2.24, 2.45) is 0 Å². The number of alkyl halides is 1. The second-order valence-corrected chi connectivity index (χ2v) is 7.27. The average Bonchev–Trinajstić information content (AvgIpc) is 1.97. The van der Waals surface area contributed by atoms with E-state index in [4.69, 9.17) is 4.74 Å². The number of hydrogen-bond donors (Lipinski definition) is 0. The Morgan fingerprint density at radius 3 is 2.45 bits per heavy atom. The second-order valence-electron chi connectivity index (χ2n) is 3.22. The van der Waals surface area contributed by atoms with E-state index < -0.39 is 8.80 Å². The maximum Gasteiger partial charge on any atom is 0.0566 e. The van der Waals surface area contributed by atoms with Gasteiger partial charge in [-0.3, -0.25) is 0 Å². The molecule has 11 heavy (non-hydrogen) atoms. The number of rotatable bonds is 6. The van der Waals surface area contributed by atoms with Crippen LogP contribution in [0.25, 0.3) is 0 Å². The zero-order valence-corrected chi connectivity index (χ0v) is 10.5. The molecule has 1 atom stereocenters. The van der Waals surface area contributed by atoms with Crippen molar-refractivity contribution in [1.29, 1.82) is 0 Å². The summed E-state index contributed by atoms with van der Waals surface area (Å²) in [5, 5.41) is 0.961. The molecule has 0 spiro atoms. The number of ether oxygens (including phenoxy) is 1. The van der Waals surface area contributed by atoms with Crippen molar-refractivity contribution in [3.8, 4) is 0 Å². The molecule has 3 heteroatoms. The standard InChI is InChI=1S/C8H19BrOSi/c1-4-8(7-11(2)3)10-6-5-9/h8,11H,4-7H2,1-3H3. The fourth-order valence-electron chi connectivity index (χ4n) is 1.09. The molecule has 68 valence electrons. The van der Waals surface area contributed by atoms with Crippen LogP contribution in [0.3, 0.4) is 0 Å². The molecular formula is C8H19BrOSi. The van der Waals surface area contributed by atoms with Crippen molar-refractivity contribution in [3.05, 3.63) is 0 Å². The molecule has 0 aromatic heterocycles. The monoisotopic (exact) mass is 238 g/mol. The molecule has 1 unspecified atom stereocenters. The van der Waals surface area contributed by atoms with E-state index in [2.05, 4.69) is 35.9 Å². The first-order valence-corrected chi connectivity index (χ1v) is 8.63. The van der Waals surface area contributed by atoms with Crippen LogP contribution < -0.4 is 0 Å². The average molecular weight is 239 g/mol. The Morgan fingerprint density at radius 2 is 2.09 bits per heavy atom. The largest absolute Gasteiger partial charge is 0.378 e. The molecule has 0 fully saturated rings. The summed E-state index contributed by atoms with van der Waals surface area (Å²) in [6.07, 6.45) is 1.69. The number of halogens is 1. The SMILES string of the molecule is CCC(C[SiH](C)C)OCCBr. The first-order valence-electron chi connectivity index (χ1n) is 4.38. The molecule has 0 heterocycles. The Balaban J connectivity index is 3.41. The van der Waals surface area contributed by atoms with Crippen LogP contribution in [0, 0.1) is 0 Å². The van der Waals surface area contributed by atoms with E-state index in [1.54, 1.807) is 0 Å². The molecule has 0 radical (unpaired) electrons. The van der Waals surface area contributed by atoms with Crippen LogP contribution in [-0.2, 0) is 4.74 Å². The second kappa shape index (κ2) is 7.31. The van der Waals surface area contributed by atoms with Crippen molar-refractivity contribution in [2.75, 3.05) is 11.9 Å². The Bertz CT molecular complexity index is 88.2. The molecule has 0 amide bonds. The Hall–Kier alpha value is 0.657. The third-order valence-corrected chi connectivity index (χ3v) is 3.41. The third kappa shape index (κ3) is 7.03. The summed E-state index contributed by atoms with van der Waals surface area (Å²) in [6.45, 7) is 7.82. The van der Waals surface area contributed by atoms with Crippen LogP contribution in [0.1, 0.15) is 13.3 Å². The summed E-state index contributed by atoms with van der Waals surface area (Å²) in [4.78, 5) is 0. The van der Waals surface area contributed by atoms with Crippen molar-refractivity contribution in [3.63, 3.8) is 0 Å². The first-order chi connectivity index (χ1) is 5.20. The van der Waals surface area contributed by atoms with Gasteiger partial charge in [0.25, 0.3) is 0 Å². The molecule has 0 N–H and O–H groups in total. The quantitative estimate of drug-likeness (QED) is 0.511. The third-order valence-electron chi connectivity index (χ3n) is 1.62. The van der Waals surface area contributed by atoms with Crippen molar-refractivity contribution in [1.82, 2.24) is 0 Å². The zero-order valence-electron chi connectivity index (χ0n) is 7.77. The smallest absolute Gasteiger partial charge is 0.0566 e. The molecule has 0 saturated carbocycles. The predicted molar refractivity (Wildman–Crippen MR) is 57.5 cm³/mol. The van der Waals surface area contributed by atoms with Crippen LogP contribution in [0.15, 0.2) is 0 Å². The molecule has 0 aromatic rings. The van der Waals surface area contributed by atoms with E-state index in [-0.39, 0.29) is 0 Å². The molecule has 0 aromatic carbocycles.